The van der Waals surface area contributed by atoms with Crippen LogP contribution in [0.2, 0.25) is 0 Å². The molecular formula is C14H17F3O2. The van der Waals surface area contributed by atoms with E-state index >= 15 is 0 Å². The molecule has 0 aromatic heterocycles. The monoisotopic (exact) mass is 274 g/mol. The molecule has 19 heavy (non-hydrogen) atoms. The van der Waals surface area contributed by atoms with Crippen molar-refractivity contribution < 1.29 is 22.6 Å². The Balaban J connectivity index is 2.20. The molecule has 1 saturated heterocycles. The van der Waals surface area contributed by atoms with E-state index in [1.165, 1.54) is 13.2 Å². The second-order valence-corrected chi connectivity index (χ2v) is 4.97. The minimum absolute atomic E-state index is 0.104. The summed E-state index contributed by atoms with van der Waals surface area (Å²) in [4.78, 5) is 0. The van der Waals surface area contributed by atoms with Crippen LogP contribution in [0.4, 0.5) is 13.2 Å². The van der Waals surface area contributed by atoms with E-state index in [0.717, 1.165) is 24.1 Å². The molecule has 3 atom stereocenters. The van der Waals surface area contributed by atoms with Crippen molar-refractivity contribution in [2.24, 2.45) is 0 Å². The number of epoxide rings is 1. The first-order valence-corrected chi connectivity index (χ1v) is 6.23. The van der Waals surface area contributed by atoms with Gasteiger partial charge in [-0.2, -0.15) is 13.2 Å². The van der Waals surface area contributed by atoms with Crippen LogP contribution in [0.25, 0.3) is 0 Å². The van der Waals surface area contributed by atoms with Crippen LogP contribution in [0.1, 0.15) is 37.3 Å². The number of hydrogen-bond donors (Lipinski definition) is 0. The van der Waals surface area contributed by atoms with Gasteiger partial charge in [0.15, 0.2) is 0 Å². The Morgan fingerprint density at radius 3 is 2.47 bits per heavy atom. The number of methoxy groups -OCH3 is 1. The minimum atomic E-state index is -4.34. The third kappa shape index (κ3) is 3.21. The van der Waals surface area contributed by atoms with Crippen LogP contribution >= 0.6 is 0 Å². The average Bonchev–Trinajstić information content (AvgIpc) is 3.02. The van der Waals surface area contributed by atoms with Gasteiger partial charge in [-0.3, -0.25) is 0 Å². The summed E-state index contributed by atoms with van der Waals surface area (Å²) < 4.78 is 48.3. The topological polar surface area (TPSA) is 21.8 Å². The van der Waals surface area contributed by atoms with Crippen molar-refractivity contribution >= 4 is 0 Å². The summed E-state index contributed by atoms with van der Waals surface area (Å²) in [6.07, 6.45) is -3.09. The number of halogens is 3. The van der Waals surface area contributed by atoms with Crippen LogP contribution in [-0.2, 0) is 10.9 Å². The molecule has 0 bridgehead atoms. The molecule has 0 radical (unpaired) electrons. The Morgan fingerprint density at radius 1 is 1.37 bits per heavy atom. The lowest BCUT2D eigenvalue weighted by Gasteiger charge is -2.17. The van der Waals surface area contributed by atoms with Crippen LogP contribution in [0, 0.1) is 0 Å². The lowest BCUT2D eigenvalue weighted by molar-refractivity contribution is -0.137. The fraction of sp³-hybridized carbons (Fsp3) is 0.571. The van der Waals surface area contributed by atoms with Crippen LogP contribution in [0.3, 0.4) is 0 Å². The van der Waals surface area contributed by atoms with Crippen molar-refractivity contribution in [2.45, 2.75) is 44.6 Å². The average molecular weight is 274 g/mol. The van der Waals surface area contributed by atoms with E-state index in [0.29, 0.717) is 0 Å². The van der Waals surface area contributed by atoms with Crippen LogP contribution in [0.5, 0.6) is 5.75 Å². The van der Waals surface area contributed by atoms with E-state index in [9.17, 15) is 13.2 Å². The smallest absolute Gasteiger partial charge is 0.416 e. The number of ether oxygens (including phenoxy) is 2. The summed E-state index contributed by atoms with van der Waals surface area (Å²) in [5, 5.41) is 0. The van der Waals surface area contributed by atoms with Crippen molar-refractivity contribution in [1.82, 2.24) is 0 Å². The molecule has 0 N–H and O–H groups in total. The standard InChI is InChI=1S/C14H17F3O2/c1-8(6-12-9(2)19-12)11-5-4-10(14(15,16)17)7-13(11)18-3/h4-5,7-9,12H,6H2,1-3H3. The Bertz CT molecular complexity index is 456. The highest BCUT2D eigenvalue weighted by molar-refractivity contribution is 5.40. The van der Waals surface area contributed by atoms with Gasteiger partial charge < -0.3 is 9.47 Å². The minimum Gasteiger partial charge on any atom is -0.496 e. The predicted molar refractivity (Wildman–Crippen MR) is 65.4 cm³/mol. The molecule has 106 valence electrons. The highest BCUT2D eigenvalue weighted by Gasteiger charge is 2.36. The van der Waals surface area contributed by atoms with E-state index in [4.69, 9.17) is 9.47 Å². The molecule has 0 amide bonds. The fourth-order valence-electron chi connectivity index (χ4n) is 2.25. The molecule has 3 unspecified atom stereocenters. The SMILES string of the molecule is COc1cc(C(F)(F)F)ccc1C(C)CC1OC1C. The number of alkyl halides is 3. The summed E-state index contributed by atoms with van der Waals surface area (Å²) in [7, 11) is 1.39. The quantitative estimate of drug-likeness (QED) is 0.774. The van der Waals surface area contributed by atoms with Gasteiger partial charge in [0.2, 0.25) is 0 Å². The zero-order valence-electron chi connectivity index (χ0n) is 11.1. The second-order valence-electron chi connectivity index (χ2n) is 4.97. The van der Waals surface area contributed by atoms with Crippen LogP contribution in [-0.4, -0.2) is 19.3 Å². The molecule has 0 saturated carbocycles. The molecule has 1 aromatic carbocycles. The molecule has 0 spiro atoms. The Hall–Kier alpha value is -1.23. The maximum absolute atomic E-state index is 12.6. The van der Waals surface area contributed by atoms with Crippen LogP contribution < -0.4 is 4.74 Å². The molecule has 5 heteroatoms. The molecule has 1 aromatic rings. The molecule has 1 aliphatic heterocycles. The Morgan fingerprint density at radius 2 is 2.00 bits per heavy atom. The number of hydrogen-bond acceptors (Lipinski definition) is 2. The molecule has 0 aliphatic carbocycles. The third-order valence-electron chi connectivity index (χ3n) is 3.51. The summed E-state index contributed by atoms with van der Waals surface area (Å²) in [6.45, 7) is 3.96. The van der Waals surface area contributed by atoms with Crippen molar-refractivity contribution in [2.75, 3.05) is 7.11 Å². The summed E-state index contributed by atoms with van der Waals surface area (Å²) in [5.74, 6) is 0.391. The van der Waals surface area contributed by atoms with Crippen molar-refractivity contribution in [3.8, 4) is 5.75 Å². The molecule has 2 rings (SSSR count). The van der Waals surface area contributed by atoms with E-state index in [2.05, 4.69) is 0 Å². The Kier molecular flexibility index (Phi) is 3.76. The normalized spacial score (nSPS) is 24.1. The first kappa shape index (κ1) is 14.2. The zero-order valence-corrected chi connectivity index (χ0v) is 11.1. The first-order chi connectivity index (χ1) is 8.82. The lowest BCUT2D eigenvalue weighted by atomic mass is 9.93. The van der Waals surface area contributed by atoms with Crippen LogP contribution in [0.15, 0.2) is 18.2 Å². The van der Waals surface area contributed by atoms with Gasteiger partial charge in [-0.15, -0.1) is 0 Å². The fourth-order valence-corrected chi connectivity index (χ4v) is 2.25. The predicted octanol–water partition coefficient (Wildman–Crippen LogP) is 3.99. The number of rotatable bonds is 4. The molecule has 1 heterocycles. The largest absolute Gasteiger partial charge is 0.496 e. The van der Waals surface area contributed by atoms with E-state index < -0.39 is 11.7 Å². The molecular weight excluding hydrogens is 257 g/mol. The summed E-state index contributed by atoms with van der Waals surface area (Å²) in [5.41, 5.74) is 0.106. The Labute approximate surface area is 110 Å². The van der Waals surface area contributed by atoms with E-state index in [1.807, 2.05) is 13.8 Å². The van der Waals surface area contributed by atoms with Gasteiger partial charge in [-0.25, -0.2) is 0 Å². The third-order valence-corrected chi connectivity index (χ3v) is 3.51. The molecule has 1 aliphatic rings. The molecule has 2 nitrogen and oxygen atoms in total. The van der Waals surface area contributed by atoms with E-state index in [1.54, 1.807) is 0 Å². The van der Waals surface area contributed by atoms with E-state index in [-0.39, 0.29) is 23.9 Å². The maximum atomic E-state index is 12.6. The van der Waals surface area contributed by atoms with Gasteiger partial charge >= 0.3 is 6.18 Å². The lowest BCUT2D eigenvalue weighted by Crippen LogP contribution is -2.08. The van der Waals surface area contributed by atoms with Gasteiger partial charge in [0.25, 0.3) is 0 Å². The summed E-state index contributed by atoms with van der Waals surface area (Å²) in [6, 6.07) is 3.66. The van der Waals surface area contributed by atoms with Gasteiger partial charge in [0, 0.05) is 0 Å². The second kappa shape index (κ2) is 5.04. The van der Waals surface area contributed by atoms with Crippen molar-refractivity contribution in [1.29, 1.82) is 0 Å². The number of benzene rings is 1. The van der Waals surface area contributed by atoms with Gasteiger partial charge in [-0.1, -0.05) is 13.0 Å². The maximum Gasteiger partial charge on any atom is 0.416 e. The molecule has 1 fully saturated rings. The highest BCUT2D eigenvalue weighted by atomic mass is 19.4. The van der Waals surface area contributed by atoms with Crippen molar-refractivity contribution in [3.63, 3.8) is 0 Å². The summed E-state index contributed by atoms with van der Waals surface area (Å²) >= 11 is 0. The zero-order chi connectivity index (χ0) is 14.2. The van der Waals surface area contributed by atoms with Gasteiger partial charge in [-0.05, 0) is 37.0 Å². The van der Waals surface area contributed by atoms with Gasteiger partial charge in [0.1, 0.15) is 5.75 Å². The first-order valence-electron chi connectivity index (χ1n) is 6.23. The highest BCUT2D eigenvalue weighted by Crippen LogP contribution is 2.39. The van der Waals surface area contributed by atoms with Gasteiger partial charge in [0.05, 0.1) is 24.9 Å². The van der Waals surface area contributed by atoms with Crippen molar-refractivity contribution in [3.05, 3.63) is 29.3 Å².